The van der Waals surface area contributed by atoms with Crippen LogP contribution in [0.15, 0.2) is 30.6 Å². The van der Waals surface area contributed by atoms with Gasteiger partial charge in [0.1, 0.15) is 5.82 Å². The summed E-state index contributed by atoms with van der Waals surface area (Å²) >= 11 is 6.02. The van der Waals surface area contributed by atoms with Crippen LogP contribution in [0, 0.1) is 5.82 Å². The molecule has 102 valence electrons. The Balaban J connectivity index is 2.24. The maximum absolute atomic E-state index is 13.2. The van der Waals surface area contributed by atoms with Crippen molar-refractivity contribution in [3.8, 4) is 0 Å². The summed E-state index contributed by atoms with van der Waals surface area (Å²) in [6, 6.07) is 4.27. The van der Waals surface area contributed by atoms with E-state index in [1.807, 2.05) is 17.7 Å². The number of imidazole rings is 1. The largest absolute Gasteiger partial charge is 0.383 e. The monoisotopic (exact) mass is 283 g/mol. The van der Waals surface area contributed by atoms with Gasteiger partial charge >= 0.3 is 0 Å². The molecule has 19 heavy (non-hydrogen) atoms. The van der Waals surface area contributed by atoms with Gasteiger partial charge in [0.2, 0.25) is 5.95 Å². The third-order valence-electron chi connectivity index (χ3n) is 2.73. The lowest BCUT2D eigenvalue weighted by molar-refractivity contribution is 0.163. The molecular formula is C13H15ClFN3O. The van der Waals surface area contributed by atoms with Gasteiger partial charge in [-0.05, 0) is 25.1 Å². The van der Waals surface area contributed by atoms with Crippen molar-refractivity contribution >= 4 is 23.2 Å². The second-order valence-electron chi connectivity index (χ2n) is 4.21. The molecule has 0 amide bonds. The van der Waals surface area contributed by atoms with E-state index >= 15 is 0 Å². The fourth-order valence-electron chi connectivity index (χ4n) is 1.80. The molecule has 1 heterocycles. The average molecular weight is 284 g/mol. The summed E-state index contributed by atoms with van der Waals surface area (Å²) < 4.78 is 20.2. The second-order valence-corrected chi connectivity index (χ2v) is 4.62. The molecule has 0 bridgehead atoms. The van der Waals surface area contributed by atoms with Crippen molar-refractivity contribution in [2.75, 3.05) is 19.0 Å². The highest BCUT2D eigenvalue weighted by atomic mass is 35.5. The normalized spacial score (nSPS) is 12.4. The van der Waals surface area contributed by atoms with Gasteiger partial charge in [-0.1, -0.05) is 11.6 Å². The van der Waals surface area contributed by atoms with Crippen LogP contribution in [0.5, 0.6) is 0 Å². The molecule has 1 N–H and O–H groups in total. The Morgan fingerprint density at radius 1 is 1.53 bits per heavy atom. The summed E-state index contributed by atoms with van der Waals surface area (Å²) in [6.07, 6.45) is 3.50. The van der Waals surface area contributed by atoms with E-state index in [1.54, 1.807) is 13.3 Å². The number of halogens is 2. The van der Waals surface area contributed by atoms with Crippen molar-refractivity contribution in [2.24, 2.45) is 0 Å². The molecule has 4 nitrogen and oxygen atoms in total. The first kappa shape index (κ1) is 13.8. The molecular weight excluding hydrogens is 269 g/mol. The van der Waals surface area contributed by atoms with E-state index in [0.717, 1.165) is 0 Å². The van der Waals surface area contributed by atoms with Crippen LogP contribution in [-0.2, 0) is 4.74 Å². The fraction of sp³-hybridized carbons (Fsp3) is 0.308. The Labute approximate surface area is 116 Å². The Hall–Kier alpha value is -1.59. The summed E-state index contributed by atoms with van der Waals surface area (Å²) in [7, 11) is 1.64. The van der Waals surface area contributed by atoms with Gasteiger partial charge in [0.25, 0.3) is 0 Å². The minimum Gasteiger partial charge on any atom is -0.383 e. The molecule has 0 fully saturated rings. The van der Waals surface area contributed by atoms with E-state index in [0.29, 0.717) is 23.3 Å². The smallest absolute Gasteiger partial charge is 0.207 e. The molecule has 6 heteroatoms. The first-order valence-electron chi connectivity index (χ1n) is 5.85. The molecule has 2 aromatic rings. The highest BCUT2D eigenvalue weighted by molar-refractivity contribution is 6.33. The molecule has 0 aliphatic carbocycles. The number of nitrogens with one attached hydrogen (secondary N) is 1. The molecule has 0 saturated carbocycles. The SMILES string of the molecule is COCC(C)n1ccnc1Nc1cc(F)ccc1Cl. The zero-order valence-electron chi connectivity index (χ0n) is 10.7. The molecule has 1 atom stereocenters. The van der Waals surface area contributed by atoms with E-state index in [2.05, 4.69) is 10.3 Å². The van der Waals surface area contributed by atoms with Gasteiger partial charge in [0, 0.05) is 19.5 Å². The third-order valence-corrected chi connectivity index (χ3v) is 3.06. The summed E-state index contributed by atoms with van der Waals surface area (Å²) in [6.45, 7) is 2.56. The Kier molecular flexibility index (Phi) is 4.39. The first-order chi connectivity index (χ1) is 9.11. The molecule has 1 unspecified atom stereocenters. The second kappa shape index (κ2) is 6.04. The molecule has 0 aliphatic rings. The van der Waals surface area contributed by atoms with Crippen LogP contribution < -0.4 is 5.32 Å². The summed E-state index contributed by atoms with van der Waals surface area (Å²) in [5.41, 5.74) is 0.485. The summed E-state index contributed by atoms with van der Waals surface area (Å²) in [5.74, 6) is 0.243. The number of aromatic nitrogens is 2. The van der Waals surface area contributed by atoms with Gasteiger partial charge < -0.3 is 14.6 Å². The lowest BCUT2D eigenvalue weighted by atomic mass is 10.3. The van der Waals surface area contributed by atoms with Crippen molar-refractivity contribution in [1.29, 1.82) is 0 Å². The highest BCUT2D eigenvalue weighted by Crippen LogP contribution is 2.26. The standard InChI is InChI=1S/C13H15ClFN3O/c1-9(8-19-2)18-6-5-16-13(18)17-12-7-10(15)3-4-11(12)14/h3-7,9H,8H2,1-2H3,(H,16,17). The maximum atomic E-state index is 13.2. The summed E-state index contributed by atoms with van der Waals surface area (Å²) in [4.78, 5) is 4.20. The number of rotatable bonds is 5. The van der Waals surface area contributed by atoms with Crippen LogP contribution in [0.2, 0.25) is 5.02 Å². The van der Waals surface area contributed by atoms with Crippen molar-refractivity contribution in [3.05, 3.63) is 41.4 Å². The van der Waals surface area contributed by atoms with Crippen LogP contribution in [-0.4, -0.2) is 23.3 Å². The van der Waals surface area contributed by atoms with Gasteiger partial charge in [-0.2, -0.15) is 0 Å². The number of nitrogens with zero attached hydrogens (tertiary/aromatic N) is 2. The van der Waals surface area contributed by atoms with E-state index in [9.17, 15) is 4.39 Å². The Bertz CT molecular complexity index is 559. The van der Waals surface area contributed by atoms with E-state index in [1.165, 1.54) is 18.2 Å². The van der Waals surface area contributed by atoms with Gasteiger partial charge in [-0.3, -0.25) is 0 Å². The Morgan fingerprint density at radius 2 is 2.32 bits per heavy atom. The topological polar surface area (TPSA) is 39.1 Å². The maximum Gasteiger partial charge on any atom is 0.207 e. The third kappa shape index (κ3) is 3.24. The lowest BCUT2D eigenvalue weighted by Gasteiger charge is -2.16. The highest BCUT2D eigenvalue weighted by Gasteiger charge is 2.11. The van der Waals surface area contributed by atoms with Crippen molar-refractivity contribution in [3.63, 3.8) is 0 Å². The minimum atomic E-state index is -0.352. The number of ether oxygens (including phenoxy) is 1. The number of methoxy groups -OCH3 is 1. The molecule has 0 aliphatic heterocycles. The molecule has 2 rings (SSSR count). The van der Waals surface area contributed by atoms with E-state index in [-0.39, 0.29) is 11.9 Å². The van der Waals surface area contributed by atoms with Crippen LogP contribution >= 0.6 is 11.6 Å². The number of hydrogen-bond acceptors (Lipinski definition) is 3. The van der Waals surface area contributed by atoms with E-state index in [4.69, 9.17) is 16.3 Å². The van der Waals surface area contributed by atoms with Gasteiger partial charge in [0.15, 0.2) is 0 Å². The van der Waals surface area contributed by atoms with Crippen LogP contribution in [0.1, 0.15) is 13.0 Å². The lowest BCUT2D eigenvalue weighted by Crippen LogP contribution is -2.12. The van der Waals surface area contributed by atoms with Crippen molar-refractivity contribution in [2.45, 2.75) is 13.0 Å². The van der Waals surface area contributed by atoms with Crippen LogP contribution in [0.4, 0.5) is 16.0 Å². The summed E-state index contributed by atoms with van der Waals surface area (Å²) in [5, 5.41) is 3.47. The molecule has 0 spiro atoms. The average Bonchev–Trinajstić information content (AvgIpc) is 2.82. The van der Waals surface area contributed by atoms with E-state index < -0.39 is 0 Å². The van der Waals surface area contributed by atoms with Gasteiger partial charge in [0.05, 0.1) is 23.4 Å². The predicted molar refractivity (Wildman–Crippen MR) is 73.5 cm³/mol. The fourth-order valence-corrected chi connectivity index (χ4v) is 1.97. The molecule has 1 aromatic heterocycles. The van der Waals surface area contributed by atoms with Gasteiger partial charge in [-0.25, -0.2) is 9.37 Å². The van der Waals surface area contributed by atoms with Crippen molar-refractivity contribution < 1.29 is 9.13 Å². The number of hydrogen-bond donors (Lipinski definition) is 1. The van der Waals surface area contributed by atoms with Crippen LogP contribution in [0.3, 0.4) is 0 Å². The number of anilines is 2. The Morgan fingerprint density at radius 3 is 3.05 bits per heavy atom. The molecule has 0 saturated heterocycles. The van der Waals surface area contributed by atoms with Crippen molar-refractivity contribution in [1.82, 2.24) is 9.55 Å². The molecule has 0 radical (unpaired) electrons. The molecule has 1 aromatic carbocycles. The number of benzene rings is 1. The first-order valence-corrected chi connectivity index (χ1v) is 6.23. The zero-order valence-corrected chi connectivity index (χ0v) is 11.5. The van der Waals surface area contributed by atoms with Gasteiger partial charge in [-0.15, -0.1) is 0 Å². The quantitative estimate of drug-likeness (QED) is 0.911. The van der Waals surface area contributed by atoms with Crippen LogP contribution in [0.25, 0.3) is 0 Å². The minimum absolute atomic E-state index is 0.113. The predicted octanol–water partition coefficient (Wildman–Crippen LogP) is 3.63. The zero-order chi connectivity index (χ0) is 13.8.